The van der Waals surface area contributed by atoms with Crippen LogP contribution in [0.4, 0.5) is 5.69 Å². The Balaban J connectivity index is 1.54. The highest BCUT2D eigenvalue weighted by atomic mass is 16.2. The number of piperidine rings is 1. The number of Topliss-reactive ketones (excluding diaryl/α,β-unsaturated/α-hetero) is 1. The normalized spacial score (nSPS) is 14.8. The van der Waals surface area contributed by atoms with Gasteiger partial charge in [0.15, 0.2) is 5.78 Å². The maximum Gasteiger partial charge on any atom is 0.246 e. The number of amides is 2. The van der Waals surface area contributed by atoms with Gasteiger partial charge in [0.05, 0.1) is 5.69 Å². The zero-order chi connectivity index (χ0) is 19.9. The van der Waals surface area contributed by atoms with Crippen LogP contribution in [0.25, 0.3) is 6.08 Å². The molecular formula is C23H24N2O3. The Kier molecular flexibility index (Phi) is 6.37. The standard InChI is InChI=1S/C23H24N2O3/c1-17(26)20-9-5-6-10-21(20)24-23(28)19-13-15-25(16-14-19)22(27)12-11-18-7-3-2-4-8-18/h2-12,19H,13-16H2,1H3,(H,24,28)/b12-11+. The Labute approximate surface area is 165 Å². The largest absolute Gasteiger partial charge is 0.339 e. The number of benzene rings is 2. The quantitative estimate of drug-likeness (QED) is 0.638. The Morgan fingerprint density at radius 2 is 1.61 bits per heavy atom. The highest BCUT2D eigenvalue weighted by Gasteiger charge is 2.27. The second kappa shape index (κ2) is 9.13. The third kappa shape index (κ3) is 4.94. The third-order valence-electron chi connectivity index (χ3n) is 4.96. The molecule has 0 unspecified atom stereocenters. The number of ketones is 1. The highest BCUT2D eigenvalue weighted by molar-refractivity contribution is 6.04. The van der Waals surface area contributed by atoms with Crippen LogP contribution in [0.2, 0.25) is 0 Å². The van der Waals surface area contributed by atoms with Gasteiger partial charge in [-0.3, -0.25) is 14.4 Å². The predicted octanol–water partition coefficient (Wildman–Crippen LogP) is 3.78. The molecule has 1 N–H and O–H groups in total. The molecule has 0 aliphatic carbocycles. The van der Waals surface area contributed by atoms with Crippen LogP contribution in [0.1, 0.15) is 35.7 Å². The van der Waals surface area contributed by atoms with Crippen molar-refractivity contribution in [1.82, 2.24) is 4.90 Å². The molecule has 0 bridgehead atoms. The summed E-state index contributed by atoms with van der Waals surface area (Å²) in [6, 6.07) is 16.7. The van der Waals surface area contributed by atoms with Crippen LogP contribution >= 0.6 is 0 Å². The lowest BCUT2D eigenvalue weighted by Crippen LogP contribution is -2.40. The second-order valence-corrected chi connectivity index (χ2v) is 6.93. The summed E-state index contributed by atoms with van der Waals surface area (Å²) in [5.74, 6) is -0.381. The van der Waals surface area contributed by atoms with Gasteiger partial charge < -0.3 is 10.2 Å². The van der Waals surface area contributed by atoms with Crippen LogP contribution in [-0.2, 0) is 9.59 Å². The average Bonchev–Trinajstić information content (AvgIpc) is 2.73. The summed E-state index contributed by atoms with van der Waals surface area (Å²) in [6.07, 6.45) is 4.61. The van der Waals surface area contributed by atoms with Crippen molar-refractivity contribution in [3.63, 3.8) is 0 Å². The minimum absolute atomic E-state index is 0.0374. The van der Waals surface area contributed by atoms with Gasteiger partial charge in [0.1, 0.15) is 0 Å². The number of carbonyl (C=O) groups excluding carboxylic acids is 3. The Bertz CT molecular complexity index is 882. The molecular weight excluding hydrogens is 352 g/mol. The summed E-state index contributed by atoms with van der Waals surface area (Å²) >= 11 is 0. The average molecular weight is 376 g/mol. The van der Waals surface area contributed by atoms with Crippen LogP contribution < -0.4 is 5.32 Å². The van der Waals surface area contributed by atoms with Crippen LogP contribution in [0.5, 0.6) is 0 Å². The van der Waals surface area contributed by atoms with Crippen molar-refractivity contribution in [1.29, 1.82) is 0 Å². The molecule has 1 fully saturated rings. The fraction of sp³-hybridized carbons (Fsp3) is 0.261. The first-order valence-corrected chi connectivity index (χ1v) is 9.47. The summed E-state index contributed by atoms with van der Waals surface area (Å²) < 4.78 is 0. The number of hydrogen-bond acceptors (Lipinski definition) is 3. The van der Waals surface area contributed by atoms with Gasteiger partial charge in [-0.25, -0.2) is 0 Å². The molecule has 0 saturated carbocycles. The first-order valence-electron chi connectivity index (χ1n) is 9.47. The summed E-state index contributed by atoms with van der Waals surface area (Å²) in [5, 5.41) is 2.88. The lowest BCUT2D eigenvalue weighted by Gasteiger charge is -2.30. The topological polar surface area (TPSA) is 66.5 Å². The summed E-state index contributed by atoms with van der Waals surface area (Å²) in [7, 11) is 0. The van der Waals surface area contributed by atoms with Crippen molar-refractivity contribution in [3.05, 3.63) is 71.8 Å². The maximum absolute atomic E-state index is 12.6. The van der Waals surface area contributed by atoms with Gasteiger partial charge in [-0.1, -0.05) is 42.5 Å². The van der Waals surface area contributed by atoms with E-state index in [0.29, 0.717) is 37.2 Å². The zero-order valence-corrected chi connectivity index (χ0v) is 15.9. The molecule has 5 heteroatoms. The molecule has 144 valence electrons. The Morgan fingerprint density at radius 3 is 2.29 bits per heavy atom. The monoisotopic (exact) mass is 376 g/mol. The second-order valence-electron chi connectivity index (χ2n) is 6.93. The zero-order valence-electron chi connectivity index (χ0n) is 15.9. The van der Waals surface area contributed by atoms with E-state index in [0.717, 1.165) is 5.56 Å². The number of rotatable bonds is 5. The first kappa shape index (κ1) is 19.5. The number of carbonyl (C=O) groups is 3. The van der Waals surface area contributed by atoms with E-state index in [9.17, 15) is 14.4 Å². The summed E-state index contributed by atoms with van der Waals surface area (Å²) in [4.78, 5) is 38.4. The molecule has 1 heterocycles. The molecule has 28 heavy (non-hydrogen) atoms. The number of anilines is 1. The molecule has 2 aromatic carbocycles. The van der Waals surface area contributed by atoms with E-state index in [1.807, 2.05) is 30.3 Å². The van der Waals surface area contributed by atoms with Crippen molar-refractivity contribution in [2.24, 2.45) is 5.92 Å². The van der Waals surface area contributed by atoms with Gasteiger partial charge in [0.25, 0.3) is 0 Å². The molecule has 0 aromatic heterocycles. The van der Waals surface area contributed by atoms with Crippen molar-refractivity contribution < 1.29 is 14.4 Å². The SMILES string of the molecule is CC(=O)c1ccccc1NC(=O)C1CCN(C(=O)/C=C/c2ccccc2)CC1. The molecule has 0 atom stereocenters. The fourth-order valence-electron chi connectivity index (χ4n) is 3.33. The summed E-state index contributed by atoms with van der Waals surface area (Å²) in [6.45, 7) is 2.58. The number of nitrogens with one attached hydrogen (secondary N) is 1. The van der Waals surface area contributed by atoms with Crippen LogP contribution in [0, 0.1) is 5.92 Å². The molecule has 3 rings (SSSR count). The van der Waals surface area contributed by atoms with E-state index in [4.69, 9.17) is 0 Å². The van der Waals surface area contributed by atoms with Gasteiger partial charge >= 0.3 is 0 Å². The molecule has 5 nitrogen and oxygen atoms in total. The van der Waals surface area contributed by atoms with E-state index in [1.165, 1.54) is 6.92 Å². The van der Waals surface area contributed by atoms with E-state index in [2.05, 4.69) is 5.32 Å². The smallest absolute Gasteiger partial charge is 0.246 e. The van der Waals surface area contributed by atoms with Crippen LogP contribution in [0.3, 0.4) is 0 Å². The minimum atomic E-state index is -0.165. The number of hydrogen-bond donors (Lipinski definition) is 1. The van der Waals surface area contributed by atoms with Crippen molar-refractivity contribution in [2.45, 2.75) is 19.8 Å². The first-order chi connectivity index (χ1) is 13.5. The van der Waals surface area contributed by atoms with Crippen molar-refractivity contribution in [3.8, 4) is 0 Å². The lowest BCUT2D eigenvalue weighted by molar-refractivity contribution is -0.130. The molecule has 0 radical (unpaired) electrons. The number of para-hydroxylation sites is 1. The van der Waals surface area contributed by atoms with Gasteiger partial charge in [-0.2, -0.15) is 0 Å². The molecule has 0 spiro atoms. The van der Waals surface area contributed by atoms with Crippen LogP contribution in [0.15, 0.2) is 60.7 Å². The maximum atomic E-state index is 12.6. The van der Waals surface area contributed by atoms with E-state index in [-0.39, 0.29) is 23.5 Å². The number of nitrogens with zero attached hydrogens (tertiary/aromatic N) is 1. The van der Waals surface area contributed by atoms with E-state index in [1.54, 1.807) is 41.3 Å². The van der Waals surface area contributed by atoms with Gasteiger partial charge in [0, 0.05) is 30.6 Å². The van der Waals surface area contributed by atoms with Crippen molar-refractivity contribution in [2.75, 3.05) is 18.4 Å². The van der Waals surface area contributed by atoms with Gasteiger partial charge in [0.2, 0.25) is 11.8 Å². The Hall–Kier alpha value is -3.21. The molecule has 1 aliphatic rings. The van der Waals surface area contributed by atoms with Gasteiger partial charge in [-0.05, 0) is 43.5 Å². The van der Waals surface area contributed by atoms with Crippen LogP contribution in [-0.4, -0.2) is 35.6 Å². The predicted molar refractivity (Wildman–Crippen MR) is 110 cm³/mol. The van der Waals surface area contributed by atoms with Gasteiger partial charge in [-0.15, -0.1) is 0 Å². The third-order valence-corrected chi connectivity index (χ3v) is 4.96. The lowest BCUT2D eigenvalue weighted by atomic mass is 9.95. The van der Waals surface area contributed by atoms with Crippen molar-refractivity contribution >= 4 is 29.4 Å². The minimum Gasteiger partial charge on any atom is -0.339 e. The molecule has 2 aromatic rings. The Morgan fingerprint density at radius 1 is 0.964 bits per heavy atom. The molecule has 1 saturated heterocycles. The summed E-state index contributed by atoms with van der Waals surface area (Å²) in [5.41, 5.74) is 2.04. The number of likely N-dealkylation sites (tertiary alicyclic amines) is 1. The fourth-order valence-corrected chi connectivity index (χ4v) is 3.33. The molecule has 1 aliphatic heterocycles. The van der Waals surface area contributed by atoms with E-state index < -0.39 is 0 Å². The molecule has 2 amide bonds. The highest BCUT2D eigenvalue weighted by Crippen LogP contribution is 2.22. The van der Waals surface area contributed by atoms with E-state index >= 15 is 0 Å².